The van der Waals surface area contributed by atoms with Crippen LogP contribution in [0.1, 0.15) is 37.6 Å². The Balaban J connectivity index is 1.78. The third-order valence-corrected chi connectivity index (χ3v) is 3.50. The van der Waals surface area contributed by atoms with Gasteiger partial charge in [0.25, 0.3) is 0 Å². The molecule has 2 rings (SSSR count). The van der Waals surface area contributed by atoms with E-state index in [1.165, 1.54) is 6.07 Å². The molecule has 0 radical (unpaired) electrons. The monoisotopic (exact) mass is 304 g/mol. The molecule has 0 bridgehead atoms. The van der Waals surface area contributed by atoms with Crippen LogP contribution in [0.25, 0.3) is 0 Å². The number of furan rings is 1. The van der Waals surface area contributed by atoms with Gasteiger partial charge < -0.3 is 15.1 Å². The van der Waals surface area contributed by atoms with E-state index in [0.29, 0.717) is 5.56 Å². The Labute approximate surface area is 129 Å². The van der Waals surface area contributed by atoms with Crippen molar-refractivity contribution in [2.75, 3.05) is 0 Å². The van der Waals surface area contributed by atoms with E-state index in [1.54, 1.807) is 31.4 Å². The Morgan fingerprint density at radius 1 is 1.18 bits per heavy atom. The zero-order chi connectivity index (χ0) is 15.9. The molecule has 0 unspecified atom stereocenters. The molecular weight excluding hydrogens is 283 g/mol. The van der Waals surface area contributed by atoms with E-state index in [0.717, 1.165) is 18.6 Å². The predicted octanol–water partition coefficient (Wildman–Crippen LogP) is 3.80. The van der Waals surface area contributed by atoms with Crippen molar-refractivity contribution in [3.8, 4) is 0 Å². The average Bonchev–Trinajstić information content (AvgIpc) is 2.98. The topological polar surface area (TPSA) is 54.3 Å². The fourth-order valence-electron chi connectivity index (χ4n) is 2.25. The van der Waals surface area contributed by atoms with Gasteiger partial charge >= 0.3 is 6.03 Å². The van der Waals surface area contributed by atoms with Gasteiger partial charge in [0.05, 0.1) is 12.3 Å². The number of carbonyl (C=O) groups is 1. The first kappa shape index (κ1) is 16.1. The molecule has 1 heterocycles. The second kappa shape index (κ2) is 7.64. The number of carbonyl (C=O) groups excluding carboxylic acids is 1. The fourth-order valence-corrected chi connectivity index (χ4v) is 2.25. The van der Waals surface area contributed by atoms with Crippen LogP contribution >= 0.6 is 0 Å². The van der Waals surface area contributed by atoms with Crippen LogP contribution in [0.15, 0.2) is 47.1 Å². The van der Waals surface area contributed by atoms with Crippen LogP contribution in [-0.4, -0.2) is 12.1 Å². The maximum absolute atomic E-state index is 13.6. The number of amides is 2. The standard InChI is InChI=1S/C17H21FN2O2/c1-12(9-10-14-6-5-11-22-14)19-17(21)20-13(2)15-7-3-4-8-16(15)18/h3-8,11-13H,9-10H2,1-2H3,(H2,19,20,21)/t12-,13-/m1/s1. The highest BCUT2D eigenvalue weighted by atomic mass is 19.1. The van der Waals surface area contributed by atoms with Crippen molar-refractivity contribution >= 4 is 6.03 Å². The number of urea groups is 1. The molecule has 1 aromatic carbocycles. The molecular formula is C17H21FN2O2. The first-order valence-corrected chi connectivity index (χ1v) is 7.40. The van der Waals surface area contributed by atoms with Crippen LogP contribution in [0, 0.1) is 5.82 Å². The third-order valence-electron chi connectivity index (χ3n) is 3.50. The summed E-state index contributed by atoms with van der Waals surface area (Å²) in [6.07, 6.45) is 3.17. The maximum atomic E-state index is 13.6. The Bertz CT molecular complexity index is 598. The molecule has 0 aliphatic carbocycles. The smallest absolute Gasteiger partial charge is 0.315 e. The highest BCUT2D eigenvalue weighted by Crippen LogP contribution is 2.15. The van der Waals surface area contributed by atoms with Gasteiger partial charge in [0.15, 0.2) is 0 Å². The van der Waals surface area contributed by atoms with Gasteiger partial charge in [-0.2, -0.15) is 0 Å². The SMILES string of the molecule is C[C@H](CCc1ccco1)NC(=O)N[C@H](C)c1ccccc1F. The van der Waals surface area contributed by atoms with E-state index >= 15 is 0 Å². The van der Waals surface area contributed by atoms with E-state index in [1.807, 2.05) is 19.1 Å². The molecule has 2 N–H and O–H groups in total. The minimum atomic E-state index is -0.390. The van der Waals surface area contributed by atoms with Gasteiger partial charge in [0, 0.05) is 18.0 Å². The van der Waals surface area contributed by atoms with E-state index in [4.69, 9.17) is 4.42 Å². The van der Waals surface area contributed by atoms with E-state index in [9.17, 15) is 9.18 Å². The minimum absolute atomic E-state index is 0.00193. The van der Waals surface area contributed by atoms with Crippen molar-refractivity contribution in [1.82, 2.24) is 10.6 Å². The van der Waals surface area contributed by atoms with Gasteiger partial charge in [-0.3, -0.25) is 0 Å². The summed E-state index contributed by atoms with van der Waals surface area (Å²) in [5.74, 6) is 0.579. The first-order valence-electron chi connectivity index (χ1n) is 7.40. The predicted molar refractivity (Wildman–Crippen MR) is 83.0 cm³/mol. The van der Waals surface area contributed by atoms with Crippen LogP contribution in [0.2, 0.25) is 0 Å². The van der Waals surface area contributed by atoms with Crippen LogP contribution < -0.4 is 10.6 Å². The maximum Gasteiger partial charge on any atom is 0.315 e. The quantitative estimate of drug-likeness (QED) is 0.853. The third kappa shape index (κ3) is 4.62. The molecule has 0 aliphatic rings. The summed E-state index contributed by atoms with van der Waals surface area (Å²) < 4.78 is 18.9. The summed E-state index contributed by atoms with van der Waals surface area (Å²) in [5, 5.41) is 5.60. The van der Waals surface area contributed by atoms with Gasteiger partial charge in [-0.15, -0.1) is 0 Å². The second-order valence-corrected chi connectivity index (χ2v) is 5.38. The molecule has 0 saturated carbocycles. The summed E-state index contributed by atoms with van der Waals surface area (Å²) in [4.78, 5) is 11.9. The zero-order valence-corrected chi connectivity index (χ0v) is 12.8. The molecule has 0 aliphatic heterocycles. The van der Waals surface area contributed by atoms with Crippen LogP contribution in [0.3, 0.4) is 0 Å². The normalized spacial score (nSPS) is 13.4. The van der Waals surface area contributed by atoms with Crippen molar-refractivity contribution in [2.45, 2.75) is 38.8 Å². The molecule has 2 atom stereocenters. The minimum Gasteiger partial charge on any atom is -0.469 e. The summed E-state index contributed by atoms with van der Waals surface area (Å²) in [6, 6.07) is 9.49. The number of hydrogen-bond acceptors (Lipinski definition) is 2. The molecule has 0 spiro atoms. The Morgan fingerprint density at radius 2 is 1.95 bits per heavy atom. The van der Waals surface area contributed by atoms with E-state index in [2.05, 4.69) is 10.6 Å². The lowest BCUT2D eigenvalue weighted by Gasteiger charge is -2.18. The molecule has 2 aromatic rings. The summed E-state index contributed by atoms with van der Waals surface area (Å²) in [6.45, 7) is 3.68. The van der Waals surface area contributed by atoms with Gasteiger partial charge in [-0.05, 0) is 38.5 Å². The molecule has 1 aromatic heterocycles. The van der Waals surface area contributed by atoms with Crippen molar-refractivity contribution in [2.24, 2.45) is 0 Å². The van der Waals surface area contributed by atoms with Gasteiger partial charge in [0.1, 0.15) is 11.6 Å². The number of halogens is 1. The lowest BCUT2D eigenvalue weighted by Crippen LogP contribution is -2.42. The number of rotatable bonds is 6. The highest BCUT2D eigenvalue weighted by molar-refractivity contribution is 5.74. The van der Waals surface area contributed by atoms with Crippen molar-refractivity contribution in [1.29, 1.82) is 0 Å². The Hall–Kier alpha value is -2.30. The molecule has 2 amide bonds. The molecule has 118 valence electrons. The molecule has 0 fully saturated rings. The first-order chi connectivity index (χ1) is 10.6. The number of hydrogen-bond donors (Lipinski definition) is 2. The van der Waals surface area contributed by atoms with Crippen LogP contribution in [-0.2, 0) is 6.42 Å². The van der Waals surface area contributed by atoms with E-state index in [-0.39, 0.29) is 17.9 Å². The number of aryl methyl sites for hydroxylation is 1. The van der Waals surface area contributed by atoms with Crippen LogP contribution in [0.4, 0.5) is 9.18 Å². The number of benzene rings is 1. The van der Waals surface area contributed by atoms with Crippen LogP contribution in [0.5, 0.6) is 0 Å². The summed E-state index contributed by atoms with van der Waals surface area (Å²) in [5.41, 5.74) is 0.473. The van der Waals surface area contributed by atoms with Gasteiger partial charge in [0.2, 0.25) is 0 Å². The van der Waals surface area contributed by atoms with E-state index < -0.39 is 6.04 Å². The van der Waals surface area contributed by atoms with Crippen molar-refractivity contribution < 1.29 is 13.6 Å². The summed E-state index contributed by atoms with van der Waals surface area (Å²) >= 11 is 0. The Morgan fingerprint density at radius 3 is 2.64 bits per heavy atom. The molecule has 4 nitrogen and oxygen atoms in total. The lowest BCUT2D eigenvalue weighted by molar-refractivity contribution is 0.234. The zero-order valence-electron chi connectivity index (χ0n) is 12.8. The molecule has 0 saturated heterocycles. The van der Waals surface area contributed by atoms with Crippen molar-refractivity contribution in [3.05, 3.63) is 59.8 Å². The largest absolute Gasteiger partial charge is 0.469 e. The molecule has 5 heteroatoms. The van der Waals surface area contributed by atoms with Gasteiger partial charge in [-0.1, -0.05) is 18.2 Å². The summed E-state index contributed by atoms with van der Waals surface area (Å²) in [7, 11) is 0. The fraction of sp³-hybridized carbons (Fsp3) is 0.353. The van der Waals surface area contributed by atoms with Gasteiger partial charge in [-0.25, -0.2) is 9.18 Å². The number of nitrogens with one attached hydrogen (secondary N) is 2. The lowest BCUT2D eigenvalue weighted by atomic mass is 10.1. The second-order valence-electron chi connectivity index (χ2n) is 5.38. The highest BCUT2D eigenvalue weighted by Gasteiger charge is 2.14. The van der Waals surface area contributed by atoms with Crippen molar-refractivity contribution in [3.63, 3.8) is 0 Å². The average molecular weight is 304 g/mol. The Kier molecular flexibility index (Phi) is 5.58. The molecule has 22 heavy (non-hydrogen) atoms.